The Labute approximate surface area is 147 Å². The minimum Gasteiger partial charge on any atom is -0.379 e. The average molecular weight is 341 g/mol. The van der Waals surface area contributed by atoms with Crippen LogP contribution in [-0.4, -0.2) is 62.4 Å². The van der Waals surface area contributed by atoms with Gasteiger partial charge in [0.05, 0.1) is 19.3 Å². The minimum absolute atomic E-state index is 0.0100. The smallest absolute Gasteiger partial charge is 0.246 e. The highest BCUT2D eigenvalue weighted by molar-refractivity contribution is 5.77. The van der Waals surface area contributed by atoms with E-state index in [1.165, 1.54) is 12.8 Å². The van der Waals surface area contributed by atoms with Crippen molar-refractivity contribution in [1.82, 2.24) is 10.2 Å². The number of carbonyl (C=O) groups is 1. The van der Waals surface area contributed by atoms with Gasteiger partial charge in [-0.05, 0) is 37.5 Å². The summed E-state index contributed by atoms with van der Waals surface area (Å²) >= 11 is 0. The number of ether oxygens (including phenoxy) is 2. The molecule has 24 heavy (non-hydrogen) atoms. The van der Waals surface area contributed by atoms with E-state index >= 15 is 0 Å². The highest BCUT2D eigenvalue weighted by atomic mass is 16.5. The molecule has 1 N–H and O–H groups in total. The van der Waals surface area contributed by atoms with Crippen LogP contribution in [0.25, 0.3) is 0 Å². The lowest BCUT2D eigenvalue weighted by molar-refractivity contribution is -0.131. The molecule has 2 fully saturated rings. The molecule has 0 aromatic heterocycles. The summed E-state index contributed by atoms with van der Waals surface area (Å²) in [7, 11) is 0. The first-order chi connectivity index (χ1) is 11.5. The second kappa shape index (κ2) is 9.73. The fraction of sp³-hybridized carbons (Fsp3) is 0.947. The zero-order valence-electron chi connectivity index (χ0n) is 15.9. The van der Waals surface area contributed by atoms with Gasteiger partial charge in [0.2, 0.25) is 5.91 Å². The van der Waals surface area contributed by atoms with Gasteiger partial charge in [0.25, 0.3) is 0 Å². The van der Waals surface area contributed by atoms with Crippen molar-refractivity contribution in [3.63, 3.8) is 0 Å². The van der Waals surface area contributed by atoms with E-state index in [0.717, 1.165) is 32.7 Å². The van der Waals surface area contributed by atoms with Gasteiger partial charge in [0.15, 0.2) is 0 Å². The Morgan fingerprint density at radius 1 is 1.25 bits per heavy atom. The predicted molar refractivity (Wildman–Crippen MR) is 95.9 cm³/mol. The van der Waals surface area contributed by atoms with Crippen molar-refractivity contribution in [2.45, 2.75) is 59.1 Å². The van der Waals surface area contributed by atoms with Gasteiger partial charge in [-0.15, -0.1) is 0 Å². The van der Waals surface area contributed by atoms with Gasteiger partial charge in [-0.2, -0.15) is 0 Å². The molecular formula is C19H36N2O3. The third-order valence-electron chi connectivity index (χ3n) is 5.65. The number of nitrogens with one attached hydrogen (secondary N) is 1. The van der Waals surface area contributed by atoms with E-state index in [1.807, 2.05) is 0 Å². The Morgan fingerprint density at radius 3 is 2.62 bits per heavy atom. The fourth-order valence-electron chi connectivity index (χ4n) is 3.95. The predicted octanol–water partition coefficient (Wildman–Crippen LogP) is 2.30. The van der Waals surface area contributed by atoms with Crippen molar-refractivity contribution in [1.29, 1.82) is 0 Å². The van der Waals surface area contributed by atoms with Gasteiger partial charge in [-0.25, -0.2) is 0 Å². The van der Waals surface area contributed by atoms with Crippen LogP contribution in [0.15, 0.2) is 0 Å². The van der Waals surface area contributed by atoms with E-state index in [4.69, 9.17) is 9.47 Å². The normalized spacial score (nSPS) is 30.3. The lowest BCUT2D eigenvalue weighted by atomic mass is 9.75. The van der Waals surface area contributed by atoms with E-state index in [1.54, 1.807) is 0 Å². The van der Waals surface area contributed by atoms with Crippen LogP contribution in [0.4, 0.5) is 0 Å². The van der Waals surface area contributed by atoms with Gasteiger partial charge in [0.1, 0.15) is 6.61 Å². The van der Waals surface area contributed by atoms with E-state index in [2.05, 4.69) is 37.9 Å². The molecule has 1 saturated carbocycles. The van der Waals surface area contributed by atoms with Crippen LogP contribution in [0.2, 0.25) is 0 Å². The van der Waals surface area contributed by atoms with Crippen molar-refractivity contribution in [2.24, 2.45) is 17.8 Å². The number of rotatable bonds is 7. The molecule has 2 rings (SSSR count). The van der Waals surface area contributed by atoms with Gasteiger partial charge in [-0.3, -0.25) is 9.69 Å². The van der Waals surface area contributed by atoms with Crippen LogP contribution >= 0.6 is 0 Å². The Balaban J connectivity index is 1.69. The molecule has 1 heterocycles. The second-order valence-electron chi connectivity index (χ2n) is 7.98. The zero-order chi connectivity index (χ0) is 17.5. The van der Waals surface area contributed by atoms with Crippen LogP contribution in [0.1, 0.15) is 47.0 Å². The molecule has 0 aromatic rings. The SMILES string of the molecule is CC(C)[C@H]1CC[C@@H](C)C[C@H]1OCC(=O)NC[C@H](C)N1CCOCC1. The molecule has 0 radical (unpaired) electrons. The van der Waals surface area contributed by atoms with Gasteiger partial charge >= 0.3 is 0 Å². The van der Waals surface area contributed by atoms with Crippen LogP contribution in [0.3, 0.4) is 0 Å². The lowest BCUT2D eigenvalue weighted by Crippen LogP contribution is -2.48. The maximum absolute atomic E-state index is 12.2. The molecule has 0 spiro atoms. The molecule has 140 valence electrons. The van der Waals surface area contributed by atoms with E-state index in [9.17, 15) is 4.79 Å². The molecule has 0 unspecified atom stereocenters. The first-order valence-electron chi connectivity index (χ1n) is 9.67. The highest BCUT2D eigenvalue weighted by Gasteiger charge is 2.31. The van der Waals surface area contributed by atoms with Crippen LogP contribution < -0.4 is 5.32 Å². The minimum atomic E-state index is 0.0100. The molecule has 2 aliphatic rings. The summed E-state index contributed by atoms with van der Waals surface area (Å²) in [6, 6.07) is 0.343. The first-order valence-corrected chi connectivity index (χ1v) is 9.67. The molecule has 1 aliphatic heterocycles. The van der Waals surface area contributed by atoms with E-state index < -0.39 is 0 Å². The third kappa shape index (κ3) is 6.01. The summed E-state index contributed by atoms with van der Waals surface area (Å²) in [5, 5.41) is 3.03. The van der Waals surface area contributed by atoms with Crippen molar-refractivity contribution in [3.8, 4) is 0 Å². The summed E-state index contributed by atoms with van der Waals surface area (Å²) in [6.07, 6.45) is 3.82. The number of amides is 1. The fourth-order valence-corrected chi connectivity index (χ4v) is 3.95. The third-order valence-corrected chi connectivity index (χ3v) is 5.65. The van der Waals surface area contributed by atoms with Crippen LogP contribution in [0, 0.1) is 17.8 Å². The molecule has 4 atom stereocenters. The monoisotopic (exact) mass is 340 g/mol. The van der Waals surface area contributed by atoms with Crippen LogP contribution in [-0.2, 0) is 14.3 Å². The highest BCUT2D eigenvalue weighted by Crippen LogP contribution is 2.35. The lowest BCUT2D eigenvalue weighted by Gasteiger charge is -2.37. The molecule has 5 nitrogen and oxygen atoms in total. The number of carbonyl (C=O) groups excluding carboxylic acids is 1. The van der Waals surface area contributed by atoms with Gasteiger partial charge in [-0.1, -0.05) is 27.2 Å². The molecule has 1 aliphatic carbocycles. The molecule has 0 bridgehead atoms. The Bertz CT molecular complexity index is 383. The van der Waals surface area contributed by atoms with E-state index in [-0.39, 0.29) is 18.6 Å². The zero-order valence-corrected chi connectivity index (χ0v) is 15.9. The van der Waals surface area contributed by atoms with Gasteiger partial charge in [0, 0.05) is 25.7 Å². The summed E-state index contributed by atoms with van der Waals surface area (Å²) in [5.41, 5.74) is 0. The topological polar surface area (TPSA) is 50.8 Å². The standard InChI is InChI=1S/C19H36N2O3/c1-14(2)17-6-5-15(3)11-18(17)24-13-19(22)20-12-16(4)21-7-9-23-10-8-21/h14-18H,5-13H2,1-4H3,(H,20,22)/t15-,16+,17-,18-/m1/s1. The van der Waals surface area contributed by atoms with Crippen molar-refractivity contribution in [3.05, 3.63) is 0 Å². The number of hydrogen-bond donors (Lipinski definition) is 1. The molecule has 0 aromatic carbocycles. The summed E-state index contributed by atoms with van der Waals surface area (Å²) < 4.78 is 11.4. The number of morpholine rings is 1. The summed E-state index contributed by atoms with van der Waals surface area (Å²) in [6.45, 7) is 13.3. The number of hydrogen-bond acceptors (Lipinski definition) is 4. The molecule has 5 heteroatoms. The largest absolute Gasteiger partial charge is 0.379 e. The molecule has 1 amide bonds. The molecular weight excluding hydrogens is 304 g/mol. The maximum atomic E-state index is 12.2. The van der Waals surface area contributed by atoms with Crippen molar-refractivity contribution in [2.75, 3.05) is 39.5 Å². The summed E-state index contributed by atoms with van der Waals surface area (Å²) in [5.74, 6) is 1.92. The maximum Gasteiger partial charge on any atom is 0.246 e. The number of nitrogens with zero attached hydrogens (tertiary/aromatic N) is 1. The quantitative estimate of drug-likeness (QED) is 0.773. The van der Waals surface area contributed by atoms with Crippen molar-refractivity contribution >= 4 is 5.91 Å². The average Bonchev–Trinajstić information content (AvgIpc) is 2.58. The van der Waals surface area contributed by atoms with E-state index in [0.29, 0.717) is 30.3 Å². The van der Waals surface area contributed by atoms with Gasteiger partial charge < -0.3 is 14.8 Å². The van der Waals surface area contributed by atoms with Crippen molar-refractivity contribution < 1.29 is 14.3 Å². The Kier molecular flexibility index (Phi) is 7.98. The second-order valence-corrected chi connectivity index (χ2v) is 7.98. The molecule has 1 saturated heterocycles. The Morgan fingerprint density at radius 2 is 1.96 bits per heavy atom. The Hall–Kier alpha value is -0.650. The summed E-state index contributed by atoms with van der Waals surface area (Å²) in [4.78, 5) is 14.5. The first kappa shape index (κ1) is 19.7. The van der Waals surface area contributed by atoms with Crippen LogP contribution in [0.5, 0.6) is 0 Å².